The lowest BCUT2D eigenvalue weighted by atomic mass is 10.0. The summed E-state index contributed by atoms with van der Waals surface area (Å²) in [6.07, 6.45) is 2.58. The number of carbonyl (C=O) groups is 1. The van der Waals surface area contributed by atoms with Gasteiger partial charge in [0, 0.05) is 35.9 Å². The second-order valence-electron chi connectivity index (χ2n) is 8.71. The highest BCUT2D eigenvalue weighted by Gasteiger charge is 2.28. The van der Waals surface area contributed by atoms with Gasteiger partial charge in [0.2, 0.25) is 5.91 Å². The molecular weight excluding hydrogens is 396 g/mol. The SMILES string of the molecule is CCn1c(CC(C)C(=O)Nc2cccc3ccccc23)nnc1C1Cc2ccccc2C1. The van der Waals surface area contributed by atoms with Gasteiger partial charge < -0.3 is 9.88 Å². The Morgan fingerprint density at radius 1 is 1.00 bits per heavy atom. The number of nitrogens with one attached hydrogen (secondary N) is 1. The lowest BCUT2D eigenvalue weighted by Gasteiger charge is -2.15. The van der Waals surface area contributed by atoms with Crippen LogP contribution in [0.4, 0.5) is 5.69 Å². The minimum absolute atomic E-state index is 0.00169. The van der Waals surface area contributed by atoms with Gasteiger partial charge in [-0.1, -0.05) is 67.6 Å². The Balaban J connectivity index is 1.31. The molecule has 0 spiro atoms. The molecule has 162 valence electrons. The van der Waals surface area contributed by atoms with E-state index in [1.165, 1.54) is 11.1 Å². The molecule has 0 saturated carbocycles. The van der Waals surface area contributed by atoms with Crippen LogP contribution in [-0.4, -0.2) is 20.7 Å². The molecule has 1 atom stereocenters. The average molecular weight is 425 g/mol. The number of rotatable bonds is 6. The van der Waals surface area contributed by atoms with Gasteiger partial charge in [-0.25, -0.2) is 0 Å². The second kappa shape index (κ2) is 8.58. The van der Waals surface area contributed by atoms with Gasteiger partial charge in [-0.05, 0) is 42.3 Å². The topological polar surface area (TPSA) is 59.8 Å². The van der Waals surface area contributed by atoms with Gasteiger partial charge in [0.1, 0.15) is 11.6 Å². The van der Waals surface area contributed by atoms with Crippen molar-refractivity contribution in [2.45, 2.75) is 45.6 Å². The molecule has 0 fully saturated rings. The van der Waals surface area contributed by atoms with Crippen LogP contribution in [-0.2, 0) is 30.6 Å². The summed E-state index contributed by atoms with van der Waals surface area (Å²) in [6, 6.07) is 22.7. The van der Waals surface area contributed by atoms with Crippen LogP contribution in [0.3, 0.4) is 0 Å². The van der Waals surface area contributed by atoms with Crippen molar-refractivity contribution < 1.29 is 4.79 Å². The summed E-state index contributed by atoms with van der Waals surface area (Å²) in [6.45, 7) is 4.89. The van der Waals surface area contributed by atoms with Crippen LogP contribution in [0.5, 0.6) is 0 Å². The van der Waals surface area contributed by atoms with Crippen LogP contribution in [0, 0.1) is 5.92 Å². The third kappa shape index (κ3) is 3.79. The fraction of sp³-hybridized carbons (Fsp3) is 0.296. The normalized spacial score (nSPS) is 14.4. The lowest BCUT2D eigenvalue weighted by Crippen LogP contribution is -2.24. The summed E-state index contributed by atoms with van der Waals surface area (Å²) >= 11 is 0. The molecule has 4 aromatic rings. The van der Waals surface area contributed by atoms with E-state index >= 15 is 0 Å². The van der Waals surface area contributed by atoms with Crippen LogP contribution >= 0.6 is 0 Å². The van der Waals surface area contributed by atoms with Gasteiger partial charge in [-0.15, -0.1) is 10.2 Å². The number of amides is 1. The molecule has 0 radical (unpaired) electrons. The van der Waals surface area contributed by atoms with Crippen molar-refractivity contribution in [3.63, 3.8) is 0 Å². The number of anilines is 1. The standard InChI is InChI=1S/C27H28N4O/c1-3-31-25(29-30-26(31)22-16-20-10-4-5-11-21(20)17-22)15-18(2)27(32)28-24-14-8-12-19-9-6-7-13-23(19)24/h4-14,18,22H,3,15-17H2,1-2H3,(H,28,32). The summed E-state index contributed by atoms with van der Waals surface area (Å²) in [4.78, 5) is 13.0. The van der Waals surface area contributed by atoms with Gasteiger partial charge >= 0.3 is 0 Å². The Morgan fingerprint density at radius 2 is 1.69 bits per heavy atom. The molecule has 1 aliphatic rings. The van der Waals surface area contributed by atoms with Crippen LogP contribution in [0.25, 0.3) is 10.8 Å². The lowest BCUT2D eigenvalue weighted by molar-refractivity contribution is -0.119. The predicted octanol–water partition coefficient (Wildman–Crippen LogP) is 5.15. The molecule has 1 heterocycles. The van der Waals surface area contributed by atoms with E-state index in [2.05, 4.69) is 63.4 Å². The van der Waals surface area contributed by atoms with Gasteiger partial charge in [0.15, 0.2) is 0 Å². The third-order valence-electron chi connectivity index (χ3n) is 6.57. The number of carbonyl (C=O) groups excluding carboxylic acids is 1. The molecule has 0 aliphatic heterocycles. The number of benzene rings is 3. The van der Waals surface area contributed by atoms with E-state index in [4.69, 9.17) is 0 Å². The van der Waals surface area contributed by atoms with Gasteiger partial charge in [0.05, 0.1) is 0 Å². The first kappa shape index (κ1) is 20.4. The molecule has 3 aromatic carbocycles. The van der Waals surface area contributed by atoms with Gasteiger partial charge in [-0.3, -0.25) is 4.79 Å². The van der Waals surface area contributed by atoms with Crippen molar-refractivity contribution in [2.75, 3.05) is 5.32 Å². The monoisotopic (exact) mass is 424 g/mol. The zero-order chi connectivity index (χ0) is 22.1. The minimum atomic E-state index is -0.211. The molecule has 1 N–H and O–H groups in total. The Bertz CT molecular complexity index is 1250. The largest absolute Gasteiger partial charge is 0.325 e. The average Bonchev–Trinajstić information content (AvgIpc) is 3.42. The number of hydrogen-bond acceptors (Lipinski definition) is 3. The summed E-state index contributed by atoms with van der Waals surface area (Å²) in [5.74, 6) is 2.08. The van der Waals surface area contributed by atoms with Gasteiger partial charge in [-0.2, -0.15) is 0 Å². The van der Waals surface area contributed by atoms with Crippen molar-refractivity contribution in [2.24, 2.45) is 5.92 Å². The molecule has 1 amide bonds. The molecule has 0 bridgehead atoms. The van der Waals surface area contributed by atoms with Crippen LogP contribution < -0.4 is 5.32 Å². The highest BCUT2D eigenvalue weighted by atomic mass is 16.1. The van der Waals surface area contributed by atoms with Crippen molar-refractivity contribution in [3.8, 4) is 0 Å². The van der Waals surface area contributed by atoms with E-state index in [9.17, 15) is 4.79 Å². The maximum absolute atomic E-state index is 13.0. The van der Waals surface area contributed by atoms with Crippen LogP contribution in [0.1, 0.15) is 42.5 Å². The van der Waals surface area contributed by atoms with Crippen molar-refractivity contribution in [1.82, 2.24) is 14.8 Å². The van der Waals surface area contributed by atoms with E-state index in [0.717, 1.165) is 47.5 Å². The molecule has 1 aliphatic carbocycles. The molecule has 1 aromatic heterocycles. The fourth-order valence-electron chi connectivity index (χ4n) is 4.85. The zero-order valence-electron chi connectivity index (χ0n) is 18.6. The second-order valence-corrected chi connectivity index (χ2v) is 8.71. The predicted molar refractivity (Wildman–Crippen MR) is 128 cm³/mol. The third-order valence-corrected chi connectivity index (χ3v) is 6.57. The molecule has 5 heteroatoms. The zero-order valence-corrected chi connectivity index (χ0v) is 18.6. The first-order valence-corrected chi connectivity index (χ1v) is 11.4. The first-order chi connectivity index (χ1) is 15.6. The summed E-state index contributed by atoms with van der Waals surface area (Å²) in [5, 5.41) is 14.4. The quantitative estimate of drug-likeness (QED) is 0.466. The molecular formula is C27H28N4O. The highest BCUT2D eigenvalue weighted by Crippen LogP contribution is 2.33. The Labute approximate surface area is 188 Å². The van der Waals surface area contributed by atoms with Crippen LogP contribution in [0.2, 0.25) is 0 Å². The van der Waals surface area contributed by atoms with E-state index in [1.807, 2.05) is 37.3 Å². The van der Waals surface area contributed by atoms with E-state index in [0.29, 0.717) is 12.3 Å². The van der Waals surface area contributed by atoms with E-state index < -0.39 is 0 Å². The fourth-order valence-corrected chi connectivity index (χ4v) is 4.85. The Hall–Kier alpha value is -3.47. The van der Waals surface area contributed by atoms with Crippen molar-refractivity contribution >= 4 is 22.4 Å². The minimum Gasteiger partial charge on any atom is -0.325 e. The highest BCUT2D eigenvalue weighted by molar-refractivity contribution is 6.02. The molecule has 1 unspecified atom stereocenters. The number of nitrogens with zero attached hydrogens (tertiary/aromatic N) is 3. The summed E-state index contributed by atoms with van der Waals surface area (Å²) in [7, 11) is 0. The Kier molecular flexibility index (Phi) is 5.48. The maximum atomic E-state index is 13.0. The first-order valence-electron chi connectivity index (χ1n) is 11.4. The maximum Gasteiger partial charge on any atom is 0.227 e. The van der Waals surface area contributed by atoms with E-state index in [1.54, 1.807) is 0 Å². The van der Waals surface area contributed by atoms with Crippen molar-refractivity contribution in [1.29, 1.82) is 0 Å². The van der Waals surface area contributed by atoms with Gasteiger partial charge in [0.25, 0.3) is 0 Å². The van der Waals surface area contributed by atoms with Crippen molar-refractivity contribution in [3.05, 3.63) is 89.5 Å². The summed E-state index contributed by atoms with van der Waals surface area (Å²) in [5.41, 5.74) is 3.67. The smallest absolute Gasteiger partial charge is 0.227 e. The van der Waals surface area contributed by atoms with E-state index in [-0.39, 0.29) is 11.8 Å². The number of aromatic nitrogens is 3. The summed E-state index contributed by atoms with van der Waals surface area (Å²) < 4.78 is 2.21. The number of hydrogen-bond donors (Lipinski definition) is 1. The molecule has 0 saturated heterocycles. The number of fused-ring (bicyclic) bond motifs is 2. The Morgan fingerprint density at radius 3 is 2.44 bits per heavy atom. The molecule has 32 heavy (non-hydrogen) atoms. The molecule has 5 nitrogen and oxygen atoms in total. The van der Waals surface area contributed by atoms with Crippen LogP contribution in [0.15, 0.2) is 66.7 Å². The molecule has 5 rings (SSSR count).